The van der Waals surface area contributed by atoms with Gasteiger partial charge in [0.2, 0.25) is 8.32 Å². The Labute approximate surface area is 138 Å². The van der Waals surface area contributed by atoms with E-state index in [-0.39, 0.29) is 0 Å². The lowest BCUT2D eigenvalue weighted by atomic mass is 10.0. The Morgan fingerprint density at radius 1 is 0.826 bits per heavy atom. The second kappa shape index (κ2) is 7.29. The van der Waals surface area contributed by atoms with Crippen LogP contribution < -0.4 is 0 Å². The molecule has 0 aliphatic heterocycles. The minimum Gasteiger partial charge on any atom is -0.543 e. The molecular formula is C19H22O3Si. The first-order valence-corrected chi connectivity index (χ1v) is 11.0. The number of esters is 1. The van der Waals surface area contributed by atoms with E-state index < -0.39 is 14.3 Å². The topological polar surface area (TPSA) is 35.5 Å². The van der Waals surface area contributed by atoms with E-state index in [0.29, 0.717) is 11.3 Å². The van der Waals surface area contributed by atoms with Gasteiger partial charge in [0.25, 0.3) is 0 Å². The monoisotopic (exact) mass is 326 g/mol. The van der Waals surface area contributed by atoms with E-state index in [0.717, 1.165) is 11.1 Å². The van der Waals surface area contributed by atoms with Crippen molar-refractivity contribution in [1.29, 1.82) is 0 Å². The number of carbonyl (C=O) groups excluding carboxylic acids is 1. The molecular weight excluding hydrogens is 304 g/mol. The SMILES string of the molecule is COC(=O)/C(=C(\O[Si](C)(C)C)c1ccccc1)c1ccccc1. The van der Waals surface area contributed by atoms with Gasteiger partial charge in [0.15, 0.2) is 0 Å². The number of ether oxygens (including phenoxy) is 1. The highest BCUT2D eigenvalue weighted by atomic mass is 28.4. The van der Waals surface area contributed by atoms with E-state index >= 15 is 0 Å². The van der Waals surface area contributed by atoms with E-state index in [1.165, 1.54) is 7.11 Å². The molecule has 0 aliphatic rings. The molecule has 0 N–H and O–H groups in total. The third kappa shape index (κ3) is 4.57. The van der Waals surface area contributed by atoms with Crippen LogP contribution in [-0.2, 0) is 14.0 Å². The largest absolute Gasteiger partial charge is 0.543 e. The number of carbonyl (C=O) groups is 1. The lowest BCUT2D eigenvalue weighted by Crippen LogP contribution is -2.25. The van der Waals surface area contributed by atoms with Gasteiger partial charge in [-0.3, -0.25) is 0 Å². The van der Waals surface area contributed by atoms with Gasteiger partial charge >= 0.3 is 5.97 Å². The quantitative estimate of drug-likeness (QED) is 0.265. The van der Waals surface area contributed by atoms with Gasteiger partial charge in [-0.1, -0.05) is 60.7 Å². The van der Waals surface area contributed by atoms with Gasteiger partial charge < -0.3 is 9.16 Å². The molecule has 0 saturated heterocycles. The normalized spacial score (nSPS) is 12.3. The molecule has 4 heteroatoms. The first kappa shape index (κ1) is 17.0. The average Bonchev–Trinajstić information content (AvgIpc) is 2.54. The molecule has 0 aromatic heterocycles. The molecule has 0 saturated carbocycles. The highest BCUT2D eigenvalue weighted by molar-refractivity contribution is 6.70. The number of hydrogen-bond acceptors (Lipinski definition) is 3. The fraction of sp³-hybridized carbons (Fsp3) is 0.211. The number of rotatable bonds is 5. The smallest absolute Gasteiger partial charge is 0.342 e. The molecule has 0 atom stereocenters. The molecule has 2 aromatic carbocycles. The summed E-state index contributed by atoms with van der Waals surface area (Å²) in [6, 6.07) is 19.2. The van der Waals surface area contributed by atoms with Gasteiger partial charge in [-0.25, -0.2) is 4.79 Å². The molecule has 0 aliphatic carbocycles. The fourth-order valence-electron chi connectivity index (χ4n) is 2.20. The number of benzene rings is 2. The minimum atomic E-state index is -1.92. The zero-order chi connectivity index (χ0) is 16.9. The van der Waals surface area contributed by atoms with Crippen molar-refractivity contribution in [2.24, 2.45) is 0 Å². The Morgan fingerprint density at radius 2 is 1.30 bits per heavy atom. The molecule has 0 unspecified atom stereocenters. The zero-order valence-electron chi connectivity index (χ0n) is 14.0. The first-order chi connectivity index (χ1) is 10.9. The lowest BCUT2D eigenvalue weighted by molar-refractivity contribution is -0.133. The van der Waals surface area contributed by atoms with Crippen LogP contribution in [0.3, 0.4) is 0 Å². The number of methoxy groups -OCH3 is 1. The van der Waals surface area contributed by atoms with Crippen molar-refractivity contribution in [3.63, 3.8) is 0 Å². The van der Waals surface area contributed by atoms with Crippen molar-refractivity contribution in [3.05, 3.63) is 71.8 Å². The number of hydrogen-bond donors (Lipinski definition) is 0. The Kier molecular flexibility index (Phi) is 5.39. The fourth-order valence-corrected chi connectivity index (χ4v) is 3.03. The third-order valence-corrected chi connectivity index (χ3v) is 3.94. The molecule has 0 spiro atoms. The van der Waals surface area contributed by atoms with Gasteiger partial charge in [-0.15, -0.1) is 0 Å². The minimum absolute atomic E-state index is 0.395. The zero-order valence-corrected chi connectivity index (χ0v) is 15.0. The van der Waals surface area contributed by atoms with Crippen molar-refractivity contribution in [3.8, 4) is 0 Å². The van der Waals surface area contributed by atoms with Crippen LogP contribution in [0.4, 0.5) is 0 Å². The second-order valence-electron chi connectivity index (χ2n) is 6.14. The summed E-state index contributed by atoms with van der Waals surface area (Å²) >= 11 is 0. The van der Waals surface area contributed by atoms with Gasteiger partial charge in [-0.05, 0) is 25.2 Å². The first-order valence-electron chi connectivity index (χ1n) is 7.55. The summed E-state index contributed by atoms with van der Waals surface area (Å²) in [5, 5.41) is 0. The third-order valence-electron chi connectivity index (χ3n) is 3.12. The van der Waals surface area contributed by atoms with Crippen LogP contribution >= 0.6 is 0 Å². The Hall–Kier alpha value is -2.33. The van der Waals surface area contributed by atoms with E-state index in [4.69, 9.17) is 9.16 Å². The maximum atomic E-state index is 12.5. The van der Waals surface area contributed by atoms with Crippen LogP contribution in [-0.4, -0.2) is 21.4 Å². The predicted octanol–water partition coefficient (Wildman–Crippen LogP) is 4.58. The van der Waals surface area contributed by atoms with Crippen molar-refractivity contribution >= 4 is 25.6 Å². The van der Waals surface area contributed by atoms with E-state index in [1.54, 1.807) is 0 Å². The summed E-state index contributed by atoms with van der Waals surface area (Å²) in [4.78, 5) is 12.5. The molecule has 0 radical (unpaired) electrons. The van der Waals surface area contributed by atoms with Gasteiger partial charge in [0, 0.05) is 5.56 Å². The maximum Gasteiger partial charge on any atom is 0.342 e. The predicted molar refractivity (Wildman–Crippen MR) is 96.1 cm³/mol. The maximum absolute atomic E-state index is 12.5. The summed E-state index contributed by atoms with van der Waals surface area (Å²) in [6.45, 7) is 6.28. The van der Waals surface area contributed by atoms with Crippen LogP contribution in [0.2, 0.25) is 19.6 Å². The Balaban J connectivity index is 2.71. The summed E-state index contributed by atoms with van der Waals surface area (Å²) < 4.78 is 11.3. The van der Waals surface area contributed by atoms with Crippen molar-refractivity contribution in [2.75, 3.05) is 7.11 Å². The lowest BCUT2D eigenvalue weighted by Gasteiger charge is -2.24. The Morgan fingerprint density at radius 3 is 1.74 bits per heavy atom. The second-order valence-corrected chi connectivity index (χ2v) is 10.6. The van der Waals surface area contributed by atoms with Crippen molar-refractivity contribution in [1.82, 2.24) is 0 Å². The highest BCUT2D eigenvalue weighted by Gasteiger charge is 2.26. The van der Waals surface area contributed by atoms with Crippen molar-refractivity contribution < 1.29 is 14.0 Å². The standard InChI is InChI=1S/C19H22O3Si/c1-21-19(20)17(15-11-7-5-8-12-15)18(22-23(2,3)4)16-13-9-6-10-14-16/h5-14H,1-4H3/b18-17-. The van der Waals surface area contributed by atoms with Crippen LogP contribution in [0.5, 0.6) is 0 Å². The summed E-state index contributed by atoms with van der Waals surface area (Å²) in [6.07, 6.45) is 0. The highest BCUT2D eigenvalue weighted by Crippen LogP contribution is 2.31. The van der Waals surface area contributed by atoms with Crippen LogP contribution in [0, 0.1) is 0 Å². The molecule has 0 bridgehead atoms. The Bertz CT molecular complexity index is 686. The van der Waals surface area contributed by atoms with E-state index in [2.05, 4.69) is 19.6 Å². The van der Waals surface area contributed by atoms with Gasteiger partial charge in [-0.2, -0.15) is 0 Å². The van der Waals surface area contributed by atoms with Gasteiger partial charge in [0.1, 0.15) is 11.3 Å². The molecule has 0 heterocycles. The molecule has 0 fully saturated rings. The molecule has 0 amide bonds. The molecule has 3 nitrogen and oxygen atoms in total. The van der Waals surface area contributed by atoms with E-state index in [9.17, 15) is 4.79 Å². The summed E-state index contributed by atoms with van der Waals surface area (Å²) in [5.41, 5.74) is 2.12. The molecule has 2 rings (SSSR count). The van der Waals surface area contributed by atoms with Crippen LogP contribution in [0.25, 0.3) is 11.3 Å². The van der Waals surface area contributed by atoms with E-state index in [1.807, 2.05) is 60.7 Å². The van der Waals surface area contributed by atoms with Crippen LogP contribution in [0.15, 0.2) is 60.7 Å². The van der Waals surface area contributed by atoms with Crippen LogP contribution in [0.1, 0.15) is 11.1 Å². The average molecular weight is 326 g/mol. The van der Waals surface area contributed by atoms with Gasteiger partial charge in [0.05, 0.1) is 7.11 Å². The molecule has 120 valence electrons. The molecule has 23 heavy (non-hydrogen) atoms. The summed E-state index contributed by atoms with van der Waals surface area (Å²) in [7, 11) is -0.532. The summed E-state index contributed by atoms with van der Waals surface area (Å²) in [5.74, 6) is 0.191. The van der Waals surface area contributed by atoms with Crippen molar-refractivity contribution in [2.45, 2.75) is 19.6 Å². The molecule has 2 aromatic rings.